The van der Waals surface area contributed by atoms with Gasteiger partial charge in [0.05, 0.1) is 24.8 Å². The Labute approximate surface area is 160 Å². The quantitative estimate of drug-likeness (QED) is 0.665. The van der Waals surface area contributed by atoms with Crippen LogP contribution in [0.1, 0.15) is 38.7 Å². The van der Waals surface area contributed by atoms with Crippen molar-refractivity contribution in [1.82, 2.24) is 4.90 Å². The van der Waals surface area contributed by atoms with Crippen LogP contribution in [0, 0.1) is 17.2 Å². The summed E-state index contributed by atoms with van der Waals surface area (Å²) in [6.45, 7) is 4.64. The minimum atomic E-state index is -0.661. The lowest BCUT2D eigenvalue weighted by Gasteiger charge is -2.42. The lowest BCUT2D eigenvalue weighted by Crippen LogP contribution is -2.52. The molecule has 1 aromatic carbocycles. The molecule has 0 N–H and O–H groups in total. The standard InChI is InChI=1S/C20H25ClN2O3/c1-14(2)12-26-19-16(21)10-15(11-17(19)25-4)6-7-18(24)23(3)20(13-22)8-5-9-20/h6-7,10-11,14H,5,8-9,12H2,1-4H3/b7-6+. The maximum atomic E-state index is 12.4. The zero-order chi connectivity index (χ0) is 19.3. The molecule has 0 bridgehead atoms. The molecule has 26 heavy (non-hydrogen) atoms. The normalized spacial score (nSPS) is 15.4. The van der Waals surface area contributed by atoms with Gasteiger partial charge in [-0.3, -0.25) is 4.79 Å². The van der Waals surface area contributed by atoms with E-state index in [2.05, 4.69) is 19.9 Å². The maximum Gasteiger partial charge on any atom is 0.247 e. The molecule has 6 heteroatoms. The predicted octanol–water partition coefficient (Wildman–Crippen LogP) is 4.30. The molecule has 0 radical (unpaired) electrons. The largest absolute Gasteiger partial charge is 0.493 e. The Morgan fingerprint density at radius 1 is 1.46 bits per heavy atom. The lowest BCUT2D eigenvalue weighted by atomic mass is 9.76. The molecule has 0 spiro atoms. The van der Waals surface area contributed by atoms with E-state index in [1.165, 1.54) is 11.0 Å². The highest BCUT2D eigenvalue weighted by Gasteiger charge is 2.42. The number of hydrogen-bond acceptors (Lipinski definition) is 4. The fourth-order valence-corrected chi connectivity index (χ4v) is 3.02. The Kier molecular flexibility index (Phi) is 6.55. The fraction of sp³-hybridized carbons (Fsp3) is 0.500. The van der Waals surface area contributed by atoms with Gasteiger partial charge in [0.15, 0.2) is 11.5 Å². The summed E-state index contributed by atoms with van der Waals surface area (Å²) in [7, 11) is 3.22. The number of halogens is 1. The zero-order valence-electron chi connectivity index (χ0n) is 15.7. The molecule has 140 valence electrons. The number of amides is 1. The van der Waals surface area contributed by atoms with Crippen molar-refractivity contribution >= 4 is 23.6 Å². The highest BCUT2D eigenvalue weighted by atomic mass is 35.5. The highest BCUT2D eigenvalue weighted by molar-refractivity contribution is 6.32. The summed E-state index contributed by atoms with van der Waals surface area (Å²) in [4.78, 5) is 13.9. The molecule has 1 amide bonds. The average molecular weight is 377 g/mol. The van der Waals surface area contributed by atoms with Gasteiger partial charge in [-0.05, 0) is 49.0 Å². The number of hydrogen-bond donors (Lipinski definition) is 0. The van der Waals surface area contributed by atoms with E-state index in [4.69, 9.17) is 21.1 Å². The van der Waals surface area contributed by atoms with Crippen LogP contribution in [-0.2, 0) is 4.79 Å². The number of nitriles is 1. The van der Waals surface area contributed by atoms with Crippen LogP contribution in [0.3, 0.4) is 0 Å². The monoisotopic (exact) mass is 376 g/mol. The van der Waals surface area contributed by atoms with Gasteiger partial charge in [0.25, 0.3) is 0 Å². The van der Waals surface area contributed by atoms with Crippen molar-refractivity contribution in [3.63, 3.8) is 0 Å². The van der Waals surface area contributed by atoms with Gasteiger partial charge in [0, 0.05) is 13.1 Å². The SMILES string of the molecule is COc1cc(/C=C/C(=O)N(C)C2(C#N)CCC2)cc(Cl)c1OCC(C)C. The topological polar surface area (TPSA) is 62.6 Å². The second-order valence-corrected chi connectivity index (χ2v) is 7.37. The first-order chi connectivity index (χ1) is 12.3. The molecule has 0 atom stereocenters. The molecule has 1 aromatic rings. The van der Waals surface area contributed by atoms with Crippen molar-refractivity contribution in [3.05, 3.63) is 28.8 Å². The van der Waals surface area contributed by atoms with E-state index in [9.17, 15) is 10.1 Å². The summed E-state index contributed by atoms with van der Waals surface area (Å²) in [5.74, 6) is 1.18. The van der Waals surface area contributed by atoms with Gasteiger partial charge >= 0.3 is 0 Å². The van der Waals surface area contributed by atoms with Crippen LogP contribution in [0.25, 0.3) is 6.08 Å². The fourth-order valence-electron chi connectivity index (χ4n) is 2.75. The van der Waals surface area contributed by atoms with Gasteiger partial charge in [-0.25, -0.2) is 0 Å². The van der Waals surface area contributed by atoms with Crippen molar-refractivity contribution in [2.75, 3.05) is 20.8 Å². The number of benzene rings is 1. The molecule has 0 saturated heterocycles. The molecule has 1 fully saturated rings. The van der Waals surface area contributed by atoms with Crippen LogP contribution < -0.4 is 9.47 Å². The molecule has 0 heterocycles. The average Bonchev–Trinajstić information content (AvgIpc) is 2.57. The first kappa shape index (κ1) is 20.1. The number of likely N-dealkylation sites (N-methyl/N-ethyl adjacent to an activating group) is 1. The number of nitrogens with zero attached hydrogens (tertiary/aromatic N) is 2. The third-order valence-corrected chi connectivity index (χ3v) is 4.87. The number of methoxy groups -OCH3 is 1. The predicted molar refractivity (Wildman–Crippen MR) is 102 cm³/mol. The summed E-state index contributed by atoms with van der Waals surface area (Å²) < 4.78 is 11.1. The van der Waals surface area contributed by atoms with Crippen LogP contribution in [-0.4, -0.2) is 37.1 Å². The van der Waals surface area contributed by atoms with E-state index in [-0.39, 0.29) is 5.91 Å². The second kappa shape index (κ2) is 8.46. The van der Waals surface area contributed by atoms with E-state index in [0.29, 0.717) is 29.0 Å². The summed E-state index contributed by atoms with van der Waals surface area (Å²) in [5, 5.41) is 9.78. The van der Waals surface area contributed by atoms with Crippen LogP contribution in [0.4, 0.5) is 0 Å². The lowest BCUT2D eigenvalue weighted by molar-refractivity contribution is -0.130. The van der Waals surface area contributed by atoms with Crippen LogP contribution in [0.5, 0.6) is 11.5 Å². The third kappa shape index (κ3) is 4.31. The summed E-state index contributed by atoms with van der Waals surface area (Å²) in [6.07, 6.45) is 5.54. The van der Waals surface area contributed by atoms with E-state index < -0.39 is 5.54 Å². The van der Waals surface area contributed by atoms with Crippen molar-refractivity contribution in [2.45, 2.75) is 38.6 Å². The molecular weight excluding hydrogens is 352 g/mol. The van der Waals surface area contributed by atoms with Crippen molar-refractivity contribution in [2.24, 2.45) is 5.92 Å². The number of carbonyl (C=O) groups is 1. The van der Waals surface area contributed by atoms with Gasteiger partial charge in [-0.1, -0.05) is 25.4 Å². The number of rotatable bonds is 7. The number of carbonyl (C=O) groups excluding carboxylic acids is 1. The van der Waals surface area contributed by atoms with Gasteiger partial charge in [0.1, 0.15) is 5.54 Å². The van der Waals surface area contributed by atoms with Crippen molar-refractivity contribution in [3.8, 4) is 17.6 Å². The Morgan fingerprint density at radius 3 is 2.65 bits per heavy atom. The summed E-state index contributed by atoms with van der Waals surface area (Å²) in [5.41, 5.74) is 0.0656. The van der Waals surface area contributed by atoms with Crippen molar-refractivity contribution in [1.29, 1.82) is 5.26 Å². The van der Waals surface area contributed by atoms with Gasteiger partial charge < -0.3 is 14.4 Å². The highest BCUT2D eigenvalue weighted by Crippen LogP contribution is 2.38. The molecule has 1 saturated carbocycles. The molecule has 1 aliphatic rings. The van der Waals surface area contributed by atoms with E-state index in [1.807, 2.05) is 0 Å². The van der Waals surface area contributed by atoms with Gasteiger partial charge in [0.2, 0.25) is 5.91 Å². The molecule has 0 aromatic heterocycles. The molecule has 2 rings (SSSR count). The smallest absolute Gasteiger partial charge is 0.247 e. The zero-order valence-corrected chi connectivity index (χ0v) is 16.5. The molecule has 5 nitrogen and oxygen atoms in total. The molecule has 0 aliphatic heterocycles. The van der Waals surface area contributed by atoms with Crippen LogP contribution in [0.2, 0.25) is 5.02 Å². The molecule has 1 aliphatic carbocycles. The van der Waals surface area contributed by atoms with E-state index >= 15 is 0 Å². The molecular formula is C20H25ClN2O3. The Bertz CT molecular complexity index is 733. The maximum absolute atomic E-state index is 12.4. The Hall–Kier alpha value is -2.19. The Balaban J connectivity index is 2.16. The van der Waals surface area contributed by atoms with Crippen LogP contribution >= 0.6 is 11.6 Å². The summed E-state index contributed by atoms with van der Waals surface area (Å²) >= 11 is 6.32. The minimum absolute atomic E-state index is 0.207. The number of ether oxygens (including phenoxy) is 2. The second-order valence-electron chi connectivity index (χ2n) is 6.97. The first-order valence-corrected chi connectivity index (χ1v) is 9.08. The van der Waals surface area contributed by atoms with Gasteiger partial charge in [-0.2, -0.15) is 5.26 Å². The minimum Gasteiger partial charge on any atom is -0.493 e. The third-order valence-electron chi connectivity index (χ3n) is 4.59. The first-order valence-electron chi connectivity index (χ1n) is 8.70. The van der Waals surface area contributed by atoms with Crippen LogP contribution in [0.15, 0.2) is 18.2 Å². The van der Waals surface area contributed by atoms with E-state index in [0.717, 1.165) is 24.8 Å². The van der Waals surface area contributed by atoms with Gasteiger partial charge in [-0.15, -0.1) is 0 Å². The van der Waals surface area contributed by atoms with E-state index in [1.54, 1.807) is 32.4 Å². The van der Waals surface area contributed by atoms with Crippen molar-refractivity contribution < 1.29 is 14.3 Å². The molecule has 0 unspecified atom stereocenters. The Morgan fingerprint density at radius 2 is 2.15 bits per heavy atom. The summed E-state index contributed by atoms with van der Waals surface area (Å²) in [6, 6.07) is 5.77.